The molecule has 0 bridgehead atoms. The summed E-state index contributed by atoms with van der Waals surface area (Å²) >= 11 is 0. The van der Waals surface area contributed by atoms with Crippen LogP contribution in [0.4, 0.5) is 5.69 Å². The number of nitrogens with one attached hydrogen (secondary N) is 1. The number of amides is 1. The SMILES string of the molecule is C#Cc1ccc(NC(=O)CCCOCCOCCN2CCOCC2)cc1. The van der Waals surface area contributed by atoms with Crippen molar-refractivity contribution in [3.63, 3.8) is 0 Å². The Labute approximate surface area is 155 Å². The predicted molar refractivity (Wildman–Crippen MR) is 101 cm³/mol. The maximum Gasteiger partial charge on any atom is 0.224 e. The van der Waals surface area contributed by atoms with Crippen LogP contribution in [-0.2, 0) is 19.0 Å². The van der Waals surface area contributed by atoms with Crippen LogP contribution in [0.15, 0.2) is 24.3 Å². The topological polar surface area (TPSA) is 60.0 Å². The highest BCUT2D eigenvalue weighted by Crippen LogP contribution is 2.09. The van der Waals surface area contributed by atoms with Crippen molar-refractivity contribution in [3.05, 3.63) is 29.8 Å². The summed E-state index contributed by atoms with van der Waals surface area (Å²) in [4.78, 5) is 14.2. The molecule has 1 aromatic carbocycles. The van der Waals surface area contributed by atoms with E-state index in [2.05, 4.69) is 16.1 Å². The highest BCUT2D eigenvalue weighted by Gasteiger charge is 2.09. The maximum absolute atomic E-state index is 11.8. The fourth-order valence-electron chi connectivity index (χ4n) is 2.55. The molecule has 0 atom stereocenters. The monoisotopic (exact) mass is 360 g/mol. The van der Waals surface area contributed by atoms with Crippen LogP contribution in [0.3, 0.4) is 0 Å². The Bertz CT molecular complexity index is 562. The number of hydrogen-bond acceptors (Lipinski definition) is 5. The van der Waals surface area contributed by atoms with Crippen LogP contribution < -0.4 is 5.32 Å². The van der Waals surface area contributed by atoms with Crippen LogP contribution in [0.2, 0.25) is 0 Å². The van der Waals surface area contributed by atoms with Gasteiger partial charge < -0.3 is 19.5 Å². The van der Waals surface area contributed by atoms with Crippen LogP contribution in [0, 0.1) is 12.3 Å². The van der Waals surface area contributed by atoms with Gasteiger partial charge >= 0.3 is 0 Å². The van der Waals surface area contributed by atoms with E-state index in [-0.39, 0.29) is 5.91 Å². The highest BCUT2D eigenvalue weighted by atomic mass is 16.5. The molecule has 2 rings (SSSR count). The molecular formula is C20H28N2O4. The zero-order valence-electron chi connectivity index (χ0n) is 15.2. The van der Waals surface area contributed by atoms with Crippen molar-refractivity contribution >= 4 is 11.6 Å². The van der Waals surface area contributed by atoms with E-state index >= 15 is 0 Å². The zero-order valence-corrected chi connectivity index (χ0v) is 15.2. The molecule has 0 saturated carbocycles. The predicted octanol–water partition coefficient (Wildman–Crippen LogP) is 1.75. The van der Waals surface area contributed by atoms with E-state index in [0.717, 1.165) is 44.1 Å². The van der Waals surface area contributed by atoms with Crippen LogP contribution in [0.5, 0.6) is 0 Å². The molecule has 0 aliphatic carbocycles. The van der Waals surface area contributed by atoms with Crippen LogP contribution in [0.25, 0.3) is 0 Å². The summed E-state index contributed by atoms with van der Waals surface area (Å²) in [5, 5.41) is 2.84. The Morgan fingerprint density at radius 1 is 1.12 bits per heavy atom. The summed E-state index contributed by atoms with van der Waals surface area (Å²) in [6.07, 6.45) is 6.41. The third-order valence-corrected chi connectivity index (χ3v) is 4.06. The second kappa shape index (κ2) is 12.4. The number of carbonyl (C=O) groups is 1. The van der Waals surface area contributed by atoms with E-state index in [1.54, 1.807) is 24.3 Å². The van der Waals surface area contributed by atoms with E-state index < -0.39 is 0 Å². The lowest BCUT2D eigenvalue weighted by molar-refractivity contribution is -0.116. The molecule has 142 valence electrons. The average molecular weight is 360 g/mol. The molecule has 1 fully saturated rings. The molecule has 0 spiro atoms. The number of rotatable bonds is 11. The van der Waals surface area contributed by atoms with Crippen molar-refractivity contribution in [1.29, 1.82) is 0 Å². The summed E-state index contributed by atoms with van der Waals surface area (Å²) in [7, 11) is 0. The summed E-state index contributed by atoms with van der Waals surface area (Å²) < 4.78 is 16.4. The Morgan fingerprint density at radius 3 is 2.50 bits per heavy atom. The molecule has 1 aromatic rings. The number of benzene rings is 1. The van der Waals surface area contributed by atoms with Gasteiger partial charge in [0.15, 0.2) is 0 Å². The molecule has 1 aliphatic heterocycles. The van der Waals surface area contributed by atoms with Crippen LogP contribution in [0.1, 0.15) is 18.4 Å². The van der Waals surface area contributed by atoms with Gasteiger partial charge in [0.25, 0.3) is 0 Å². The van der Waals surface area contributed by atoms with E-state index in [4.69, 9.17) is 20.6 Å². The molecular weight excluding hydrogens is 332 g/mol. The van der Waals surface area contributed by atoms with Gasteiger partial charge in [-0.3, -0.25) is 9.69 Å². The number of carbonyl (C=O) groups excluding carboxylic acids is 1. The number of terminal acetylenes is 1. The van der Waals surface area contributed by atoms with E-state index in [9.17, 15) is 4.79 Å². The first-order valence-corrected chi connectivity index (χ1v) is 9.10. The van der Waals surface area contributed by atoms with Gasteiger partial charge in [0.1, 0.15) is 0 Å². The molecule has 1 N–H and O–H groups in total. The zero-order chi connectivity index (χ0) is 18.5. The van der Waals surface area contributed by atoms with E-state index in [1.165, 1.54) is 0 Å². The standard InChI is InChI=1S/C20H28N2O4/c1-2-18-5-7-19(8-6-18)21-20(23)4-3-12-24-16-17-26-15-11-22-9-13-25-14-10-22/h1,5-8H,3-4,9-17H2,(H,21,23). The first kappa shape index (κ1) is 20.4. The Kier molecular flexibility index (Phi) is 9.77. The lowest BCUT2D eigenvalue weighted by Gasteiger charge is -2.26. The van der Waals surface area contributed by atoms with Crippen LogP contribution in [-0.4, -0.2) is 70.1 Å². The van der Waals surface area contributed by atoms with Crippen molar-refractivity contribution in [2.24, 2.45) is 0 Å². The minimum absolute atomic E-state index is 0.0242. The second-order valence-corrected chi connectivity index (χ2v) is 6.05. The quantitative estimate of drug-likeness (QED) is 0.481. The average Bonchev–Trinajstić information content (AvgIpc) is 2.68. The normalized spacial score (nSPS) is 14.7. The van der Waals surface area contributed by atoms with Gasteiger partial charge in [-0.05, 0) is 30.7 Å². The molecule has 6 nitrogen and oxygen atoms in total. The van der Waals surface area contributed by atoms with Crippen molar-refractivity contribution in [2.75, 3.05) is 64.6 Å². The second-order valence-electron chi connectivity index (χ2n) is 6.05. The Balaban J connectivity index is 1.41. The first-order chi connectivity index (χ1) is 12.8. The maximum atomic E-state index is 11.8. The lowest BCUT2D eigenvalue weighted by Crippen LogP contribution is -2.38. The van der Waals surface area contributed by atoms with E-state index in [1.807, 2.05) is 0 Å². The molecule has 26 heavy (non-hydrogen) atoms. The van der Waals surface area contributed by atoms with Crippen molar-refractivity contribution < 1.29 is 19.0 Å². The van der Waals surface area contributed by atoms with Crippen LogP contribution >= 0.6 is 0 Å². The van der Waals surface area contributed by atoms with Gasteiger partial charge in [0.2, 0.25) is 5.91 Å². The number of morpholine rings is 1. The van der Waals surface area contributed by atoms with Gasteiger partial charge in [-0.15, -0.1) is 6.42 Å². The molecule has 0 unspecified atom stereocenters. The minimum atomic E-state index is -0.0242. The highest BCUT2D eigenvalue weighted by molar-refractivity contribution is 5.90. The third-order valence-electron chi connectivity index (χ3n) is 4.06. The van der Waals surface area contributed by atoms with Gasteiger partial charge in [-0.25, -0.2) is 0 Å². The minimum Gasteiger partial charge on any atom is -0.379 e. The van der Waals surface area contributed by atoms with Crippen molar-refractivity contribution in [1.82, 2.24) is 4.90 Å². The largest absolute Gasteiger partial charge is 0.379 e. The summed E-state index contributed by atoms with van der Waals surface area (Å²) in [6.45, 7) is 6.93. The molecule has 6 heteroatoms. The van der Waals surface area contributed by atoms with Gasteiger partial charge in [0, 0.05) is 43.9 Å². The summed E-state index contributed by atoms with van der Waals surface area (Å²) in [6, 6.07) is 7.21. The Morgan fingerprint density at radius 2 is 1.81 bits per heavy atom. The van der Waals surface area contributed by atoms with Gasteiger partial charge in [-0.1, -0.05) is 5.92 Å². The fourth-order valence-corrected chi connectivity index (χ4v) is 2.55. The molecule has 1 amide bonds. The van der Waals surface area contributed by atoms with Gasteiger partial charge in [0.05, 0.1) is 33.0 Å². The van der Waals surface area contributed by atoms with Crippen molar-refractivity contribution in [2.45, 2.75) is 12.8 Å². The molecule has 0 radical (unpaired) electrons. The smallest absolute Gasteiger partial charge is 0.224 e. The number of ether oxygens (including phenoxy) is 3. The summed E-state index contributed by atoms with van der Waals surface area (Å²) in [5.74, 6) is 2.52. The molecule has 1 aliphatic rings. The Hall–Kier alpha value is -1.91. The van der Waals surface area contributed by atoms with E-state index in [0.29, 0.717) is 39.3 Å². The number of nitrogens with zero attached hydrogens (tertiary/aromatic N) is 1. The molecule has 1 heterocycles. The summed E-state index contributed by atoms with van der Waals surface area (Å²) in [5.41, 5.74) is 1.55. The van der Waals surface area contributed by atoms with Gasteiger partial charge in [-0.2, -0.15) is 0 Å². The third kappa shape index (κ3) is 8.45. The number of hydrogen-bond donors (Lipinski definition) is 1. The van der Waals surface area contributed by atoms with Crippen molar-refractivity contribution in [3.8, 4) is 12.3 Å². The fraction of sp³-hybridized carbons (Fsp3) is 0.550. The lowest BCUT2D eigenvalue weighted by atomic mass is 10.2. The first-order valence-electron chi connectivity index (χ1n) is 9.10. The molecule has 0 aromatic heterocycles. The molecule has 1 saturated heterocycles. The number of anilines is 1.